The van der Waals surface area contributed by atoms with Crippen LogP contribution in [0.2, 0.25) is 0 Å². The van der Waals surface area contributed by atoms with Crippen molar-refractivity contribution < 1.29 is 27.9 Å². The summed E-state index contributed by atoms with van der Waals surface area (Å²) in [5.41, 5.74) is 11.4. The van der Waals surface area contributed by atoms with E-state index in [4.69, 9.17) is 15.6 Å². The van der Waals surface area contributed by atoms with Crippen molar-refractivity contribution in [2.45, 2.75) is 70.8 Å². The molecule has 41 heavy (non-hydrogen) atoms. The summed E-state index contributed by atoms with van der Waals surface area (Å²) in [7, 11) is 0. The summed E-state index contributed by atoms with van der Waals surface area (Å²) in [5.74, 6) is -2.19. The first kappa shape index (κ1) is 29.6. The van der Waals surface area contributed by atoms with E-state index in [2.05, 4.69) is 52.6 Å². The summed E-state index contributed by atoms with van der Waals surface area (Å²) in [5, 5.41) is 13.3. The molecule has 1 aliphatic carbocycles. The Labute approximate surface area is 233 Å². The first-order valence-electron chi connectivity index (χ1n) is 12.9. The molecule has 1 fully saturated rings. The van der Waals surface area contributed by atoms with E-state index in [0.717, 1.165) is 35.4 Å². The molecule has 1 amide bonds. The second kappa shape index (κ2) is 11.2. The highest BCUT2D eigenvalue weighted by molar-refractivity contribution is 5.81. The molecule has 5 N–H and O–H groups in total. The molecule has 2 aromatic heterocycles. The fraction of sp³-hybridized carbons (Fsp3) is 0.393. The number of nitrogens with zero attached hydrogens (tertiary/aromatic N) is 3. The van der Waals surface area contributed by atoms with E-state index < -0.39 is 18.2 Å². The van der Waals surface area contributed by atoms with Crippen molar-refractivity contribution in [3.8, 4) is 0 Å². The van der Waals surface area contributed by atoms with Crippen LogP contribution in [0.4, 0.5) is 24.8 Å². The minimum atomic E-state index is -5.08. The number of pyridine rings is 1. The number of halogens is 3. The van der Waals surface area contributed by atoms with Crippen LogP contribution in [0.3, 0.4) is 0 Å². The normalized spacial score (nSPS) is 16.4. The maximum absolute atomic E-state index is 13.4. The van der Waals surface area contributed by atoms with Gasteiger partial charge in [0.05, 0.1) is 0 Å². The fourth-order valence-electron chi connectivity index (χ4n) is 5.13. The number of carboxylic acids is 1. The standard InChI is InChI=1S/C26H30N6O2.C2HF3O2/c1-15-8-16(2)10-18(9-15)12-28-23-25(34)32-20(11-26(6-7-26)21(32)14-29-23)24(33)30-13-19-4-5-22(27)31-17(19)3;3-2(4,5)1(6)7/h4-5,8-10,14,20H,6-7,11-13H2,1-3H3,(H2,27,31)(H,28,29)(H,30,33);(H,6,7)/t20-;/m0./s1. The van der Waals surface area contributed by atoms with E-state index in [1.807, 2.05) is 13.0 Å². The van der Waals surface area contributed by atoms with E-state index in [9.17, 15) is 22.8 Å². The molecule has 10 nitrogen and oxygen atoms in total. The Kier molecular flexibility index (Phi) is 8.09. The molecule has 0 unspecified atom stereocenters. The molecule has 218 valence electrons. The van der Waals surface area contributed by atoms with Crippen LogP contribution in [0, 0.1) is 20.8 Å². The van der Waals surface area contributed by atoms with E-state index >= 15 is 0 Å². The molecular weight excluding hydrogens is 541 g/mol. The zero-order valence-corrected chi connectivity index (χ0v) is 22.8. The Hall–Kier alpha value is -4.42. The summed E-state index contributed by atoms with van der Waals surface area (Å²) in [4.78, 5) is 44.3. The molecule has 2 aliphatic rings. The van der Waals surface area contributed by atoms with E-state index in [1.54, 1.807) is 16.8 Å². The average molecular weight is 573 g/mol. The molecule has 0 saturated heterocycles. The van der Waals surface area contributed by atoms with Gasteiger partial charge in [-0.2, -0.15) is 13.2 Å². The van der Waals surface area contributed by atoms with Crippen LogP contribution < -0.4 is 21.9 Å². The number of aryl methyl sites for hydroxylation is 3. The predicted octanol–water partition coefficient (Wildman–Crippen LogP) is 3.68. The van der Waals surface area contributed by atoms with Gasteiger partial charge < -0.3 is 21.5 Å². The van der Waals surface area contributed by atoms with E-state index in [-0.39, 0.29) is 22.7 Å². The van der Waals surface area contributed by atoms with Crippen molar-refractivity contribution in [3.05, 3.63) is 80.5 Å². The van der Waals surface area contributed by atoms with E-state index in [1.165, 1.54) is 11.1 Å². The molecule has 5 rings (SSSR count). The first-order chi connectivity index (χ1) is 19.2. The lowest BCUT2D eigenvalue weighted by Crippen LogP contribution is -2.36. The monoisotopic (exact) mass is 572 g/mol. The van der Waals surface area contributed by atoms with Crippen LogP contribution in [0.5, 0.6) is 0 Å². The molecule has 1 aromatic carbocycles. The minimum Gasteiger partial charge on any atom is -0.475 e. The molecular formula is C28H31F3N6O4. The number of carbonyl (C=O) groups excluding carboxylic acids is 1. The van der Waals surface area contributed by atoms with Crippen LogP contribution in [-0.2, 0) is 28.1 Å². The Morgan fingerprint density at radius 3 is 2.32 bits per heavy atom. The maximum atomic E-state index is 13.4. The SMILES string of the molecule is Cc1cc(C)cc(CNc2ncc3n(c2=O)[C@H](C(=O)NCc2ccc(N)nc2C)CC32CC2)c1.O=C(O)C(F)(F)F. The smallest absolute Gasteiger partial charge is 0.475 e. The lowest BCUT2D eigenvalue weighted by atomic mass is 9.99. The number of alkyl halides is 3. The van der Waals surface area contributed by atoms with Crippen LogP contribution in [0.1, 0.15) is 58.9 Å². The van der Waals surface area contributed by atoms with Crippen LogP contribution in [0.25, 0.3) is 0 Å². The fourth-order valence-corrected chi connectivity index (χ4v) is 5.13. The average Bonchev–Trinajstić information content (AvgIpc) is 3.57. The van der Waals surface area contributed by atoms with Gasteiger partial charge in [0.2, 0.25) is 5.91 Å². The summed E-state index contributed by atoms with van der Waals surface area (Å²) in [6, 6.07) is 9.35. The van der Waals surface area contributed by atoms with Gasteiger partial charge in [0, 0.05) is 36.1 Å². The van der Waals surface area contributed by atoms with Crippen LogP contribution in [0.15, 0.2) is 41.3 Å². The Balaban J connectivity index is 0.000000493. The van der Waals surface area contributed by atoms with Crippen molar-refractivity contribution in [2.75, 3.05) is 11.1 Å². The largest absolute Gasteiger partial charge is 0.490 e. The summed E-state index contributed by atoms with van der Waals surface area (Å²) in [6.45, 7) is 6.81. The third kappa shape index (κ3) is 6.67. The van der Waals surface area contributed by atoms with Gasteiger partial charge >= 0.3 is 12.1 Å². The summed E-state index contributed by atoms with van der Waals surface area (Å²) < 4.78 is 33.4. The molecule has 3 heterocycles. The molecule has 3 aromatic rings. The van der Waals surface area contributed by atoms with Crippen molar-refractivity contribution >= 4 is 23.5 Å². The highest BCUT2D eigenvalue weighted by Gasteiger charge is 2.55. The second-order valence-corrected chi connectivity index (χ2v) is 10.5. The molecule has 1 spiro atoms. The number of fused-ring (bicyclic) bond motifs is 2. The number of nitrogens with two attached hydrogens (primary N) is 1. The number of aromatic nitrogens is 3. The van der Waals surface area contributed by atoms with Gasteiger partial charge in [-0.1, -0.05) is 35.4 Å². The third-order valence-electron chi connectivity index (χ3n) is 7.25. The summed E-state index contributed by atoms with van der Waals surface area (Å²) in [6.07, 6.45) is -0.711. The number of amides is 1. The first-order valence-corrected chi connectivity index (χ1v) is 12.9. The van der Waals surface area contributed by atoms with Crippen molar-refractivity contribution in [1.82, 2.24) is 19.9 Å². The lowest BCUT2D eigenvalue weighted by Gasteiger charge is -2.16. The Morgan fingerprint density at radius 2 is 1.76 bits per heavy atom. The van der Waals surface area contributed by atoms with Crippen molar-refractivity contribution in [2.24, 2.45) is 0 Å². The quantitative estimate of drug-likeness (QED) is 0.349. The molecule has 1 saturated carbocycles. The van der Waals surface area contributed by atoms with Gasteiger partial charge in [-0.25, -0.2) is 14.8 Å². The molecule has 1 atom stereocenters. The third-order valence-corrected chi connectivity index (χ3v) is 7.25. The highest BCUT2D eigenvalue weighted by atomic mass is 19.4. The number of carboxylic acid groups (broad SMARTS) is 1. The van der Waals surface area contributed by atoms with Gasteiger partial charge in [0.15, 0.2) is 5.82 Å². The zero-order valence-electron chi connectivity index (χ0n) is 22.8. The molecule has 1 aliphatic heterocycles. The number of hydrogen-bond acceptors (Lipinski definition) is 7. The van der Waals surface area contributed by atoms with Crippen molar-refractivity contribution in [1.29, 1.82) is 0 Å². The van der Waals surface area contributed by atoms with Gasteiger partial charge in [-0.15, -0.1) is 0 Å². The lowest BCUT2D eigenvalue weighted by molar-refractivity contribution is -0.192. The van der Waals surface area contributed by atoms with Gasteiger partial charge in [0.25, 0.3) is 5.56 Å². The molecule has 0 radical (unpaired) electrons. The predicted molar refractivity (Wildman–Crippen MR) is 145 cm³/mol. The number of rotatable bonds is 6. The number of nitrogens with one attached hydrogen (secondary N) is 2. The van der Waals surface area contributed by atoms with Crippen LogP contribution >= 0.6 is 0 Å². The number of hydrogen-bond donors (Lipinski definition) is 4. The van der Waals surface area contributed by atoms with Gasteiger partial charge in [0.1, 0.15) is 11.9 Å². The molecule has 0 bridgehead atoms. The number of aliphatic carboxylic acids is 1. The number of nitrogen functional groups attached to an aromatic ring is 1. The van der Waals surface area contributed by atoms with Crippen molar-refractivity contribution in [3.63, 3.8) is 0 Å². The number of benzene rings is 1. The Bertz CT molecular complexity index is 1530. The topological polar surface area (TPSA) is 152 Å². The summed E-state index contributed by atoms with van der Waals surface area (Å²) >= 11 is 0. The Morgan fingerprint density at radius 1 is 1.12 bits per heavy atom. The maximum Gasteiger partial charge on any atom is 0.490 e. The number of anilines is 2. The van der Waals surface area contributed by atoms with Crippen LogP contribution in [-0.4, -0.2) is 37.7 Å². The highest BCUT2D eigenvalue weighted by Crippen LogP contribution is 2.57. The molecule has 13 heteroatoms. The van der Waals surface area contributed by atoms with Gasteiger partial charge in [-0.05, 0) is 57.2 Å². The van der Waals surface area contributed by atoms with Gasteiger partial charge in [-0.3, -0.25) is 14.2 Å². The van der Waals surface area contributed by atoms with E-state index in [0.29, 0.717) is 25.3 Å². The second-order valence-electron chi connectivity index (χ2n) is 10.5. The minimum absolute atomic E-state index is 0.0982. The number of carbonyl (C=O) groups is 2. The zero-order chi connectivity index (χ0) is 30.1.